The molecule has 0 fully saturated rings. The monoisotopic (exact) mass is 344 g/mol. The first-order valence-electron chi connectivity index (χ1n) is 6.34. The highest BCUT2D eigenvalue weighted by Gasteiger charge is 2.19. The quantitative estimate of drug-likeness (QED) is 0.809. The fourth-order valence-corrected chi connectivity index (χ4v) is 2.78. The summed E-state index contributed by atoms with van der Waals surface area (Å²) in [7, 11) is 0. The minimum atomic E-state index is -0.377. The lowest BCUT2D eigenvalue weighted by atomic mass is 10.3. The Balaban J connectivity index is 2.02. The molecule has 0 radical (unpaired) electrons. The average molecular weight is 345 g/mol. The third kappa shape index (κ3) is 4.12. The van der Waals surface area contributed by atoms with Crippen molar-refractivity contribution in [2.24, 2.45) is 0 Å². The first kappa shape index (κ1) is 16.1. The average Bonchev–Trinajstić information content (AvgIpc) is 2.90. The SMILES string of the molecule is CCc1nc(SC(C)C(=O)Nc2c(Cl)cccc2Cl)n[nH]1. The molecule has 0 aliphatic rings. The number of rotatable bonds is 5. The lowest BCUT2D eigenvalue weighted by molar-refractivity contribution is -0.115. The summed E-state index contributed by atoms with van der Waals surface area (Å²) in [6.45, 7) is 3.75. The minimum Gasteiger partial charge on any atom is -0.323 e. The Labute approximate surface area is 136 Å². The summed E-state index contributed by atoms with van der Waals surface area (Å²) >= 11 is 13.3. The number of halogens is 2. The first-order chi connectivity index (χ1) is 10.0. The Bertz CT molecular complexity index is 627. The second-order valence-electron chi connectivity index (χ2n) is 4.26. The van der Waals surface area contributed by atoms with Crippen molar-refractivity contribution in [3.05, 3.63) is 34.1 Å². The fraction of sp³-hybridized carbons (Fsp3) is 0.308. The third-order valence-electron chi connectivity index (χ3n) is 2.71. The Morgan fingerprint density at radius 2 is 2.10 bits per heavy atom. The number of H-pyrrole nitrogens is 1. The molecule has 0 aliphatic carbocycles. The number of nitrogens with one attached hydrogen (secondary N) is 2. The summed E-state index contributed by atoms with van der Waals surface area (Å²) in [4.78, 5) is 16.4. The van der Waals surface area contributed by atoms with Gasteiger partial charge in [-0.25, -0.2) is 4.98 Å². The van der Waals surface area contributed by atoms with Gasteiger partial charge >= 0.3 is 0 Å². The normalized spacial score (nSPS) is 12.2. The molecule has 2 aromatic rings. The number of thioether (sulfide) groups is 1. The van der Waals surface area contributed by atoms with Crippen LogP contribution < -0.4 is 5.32 Å². The van der Waals surface area contributed by atoms with Gasteiger partial charge in [-0.3, -0.25) is 9.89 Å². The van der Waals surface area contributed by atoms with Crippen molar-refractivity contribution in [3.63, 3.8) is 0 Å². The molecule has 1 atom stereocenters. The Kier molecular flexibility index (Phi) is 5.50. The lowest BCUT2D eigenvalue weighted by Crippen LogP contribution is -2.22. The van der Waals surface area contributed by atoms with E-state index in [1.54, 1.807) is 25.1 Å². The number of amides is 1. The summed E-state index contributed by atoms with van der Waals surface area (Å²) in [5, 5.41) is 10.6. The van der Waals surface area contributed by atoms with Crippen LogP contribution in [-0.4, -0.2) is 26.3 Å². The molecule has 1 aromatic heterocycles. The number of aryl methyl sites for hydroxylation is 1. The third-order valence-corrected chi connectivity index (χ3v) is 4.30. The summed E-state index contributed by atoms with van der Waals surface area (Å²) in [6.07, 6.45) is 0.767. The molecule has 2 N–H and O–H groups in total. The van der Waals surface area contributed by atoms with Crippen molar-refractivity contribution in [2.75, 3.05) is 5.32 Å². The van der Waals surface area contributed by atoms with Crippen LogP contribution in [0.25, 0.3) is 0 Å². The van der Waals surface area contributed by atoms with Gasteiger partial charge in [0.2, 0.25) is 11.1 Å². The maximum atomic E-state index is 12.2. The Morgan fingerprint density at radius 1 is 1.43 bits per heavy atom. The first-order valence-corrected chi connectivity index (χ1v) is 7.97. The minimum absolute atomic E-state index is 0.210. The number of hydrogen-bond donors (Lipinski definition) is 2. The molecular formula is C13H14Cl2N4OS. The van der Waals surface area contributed by atoms with Crippen molar-refractivity contribution in [1.82, 2.24) is 15.2 Å². The zero-order chi connectivity index (χ0) is 15.4. The second kappa shape index (κ2) is 7.15. The van der Waals surface area contributed by atoms with Gasteiger partial charge in [-0.05, 0) is 19.1 Å². The predicted molar refractivity (Wildman–Crippen MR) is 86.2 cm³/mol. The molecule has 0 aliphatic heterocycles. The standard InChI is InChI=1S/C13H14Cl2N4OS/c1-3-10-16-13(19-18-10)21-7(2)12(20)17-11-8(14)5-4-6-9(11)15/h4-7H,3H2,1-2H3,(H,17,20)(H,16,18,19). The topological polar surface area (TPSA) is 70.7 Å². The van der Waals surface area contributed by atoms with Crippen molar-refractivity contribution in [1.29, 1.82) is 0 Å². The van der Waals surface area contributed by atoms with Crippen LogP contribution in [0.1, 0.15) is 19.7 Å². The summed E-state index contributed by atoms with van der Waals surface area (Å²) in [5.74, 6) is 0.581. The number of benzene rings is 1. The van der Waals surface area contributed by atoms with Crippen molar-refractivity contribution >= 4 is 46.6 Å². The predicted octanol–water partition coefficient (Wildman–Crippen LogP) is 3.79. The molecular weight excluding hydrogens is 331 g/mol. The molecule has 21 heavy (non-hydrogen) atoms. The molecule has 1 heterocycles. The molecule has 0 saturated carbocycles. The van der Waals surface area contributed by atoms with E-state index >= 15 is 0 Å². The molecule has 0 saturated heterocycles. The lowest BCUT2D eigenvalue weighted by Gasteiger charge is -2.12. The number of carbonyl (C=O) groups excluding carboxylic acids is 1. The van der Waals surface area contributed by atoms with Gasteiger partial charge in [-0.1, -0.05) is 48.0 Å². The van der Waals surface area contributed by atoms with Gasteiger partial charge in [-0.2, -0.15) is 0 Å². The summed E-state index contributed by atoms with van der Waals surface area (Å²) < 4.78 is 0. The molecule has 0 bridgehead atoms. The number of anilines is 1. The van der Waals surface area contributed by atoms with Gasteiger partial charge in [0.15, 0.2) is 0 Å². The second-order valence-corrected chi connectivity index (χ2v) is 6.39. The zero-order valence-corrected chi connectivity index (χ0v) is 13.8. The highest BCUT2D eigenvalue weighted by Crippen LogP contribution is 2.30. The van der Waals surface area contributed by atoms with Gasteiger partial charge < -0.3 is 5.32 Å². The van der Waals surface area contributed by atoms with Crippen LogP contribution >= 0.6 is 35.0 Å². The molecule has 0 spiro atoms. The molecule has 1 amide bonds. The molecule has 5 nitrogen and oxygen atoms in total. The van der Waals surface area contributed by atoms with Gasteiger partial charge in [0.05, 0.1) is 21.0 Å². The van der Waals surface area contributed by atoms with Crippen LogP contribution in [0.5, 0.6) is 0 Å². The Hall–Kier alpha value is -1.24. The molecule has 1 aromatic carbocycles. The Morgan fingerprint density at radius 3 is 2.67 bits per heavy atom. The number of carbonyl (C=O) groups is 1. The van der Waals surface area contributed by atoms with E-state index in [9.17, 15) is 4.79 Å². The maximum Gasteiger partial charge on any atom is 0.237 e. The van der Waals surface area contributed by atoms with Gasteiger partial charge in [0, 0.05) is 6.42 Å². The summed E-state index contributed by atoms with van der Waals surface area (Å²) in [6, 6.07) is 5.06. The van der Waals surface area contributed by atoms with E-state index in [0.717, 1.165) is 12.2 Å². The number of nitrogens with zero attached hydrogens (tertiary/aromatic N) is 2. The zero-order valence-electron chi connectivity index (χ0n) is 11.5. The van der Waals surface area contributed by atoms with Crippen LogP contribution in [0.15, 0.2) is 23.4 Å². The van der Waals surface area contributed by atoms with E-state index < -0.39 is 0 Å². The van der Waals surface area contributed by atoms with E-state index in [2.05, 4.69) is 20.5 Å². The fourth-order valence-electron chi connectivity index (χ4n) is 1.54. The van der Waals surface area contributed by atoms with Gasteiger partial charge in [0.25, 0.3) is 0 Å². The van der Waals surface area contributed by atoms with Crippen LogP contribution in [0.3, 0.4) is 0 Å². The van der Waals surface area contributed by atoms with E-state index in [1.165, 1.54) is 11.8 Å². The molecule has 1 unspecified atom stereocenters. The van der Waals surface area contributed by atoms with E-state index in [0.29, 0.717) is 20.9 Å². The van der Waals surface area contributed by atoms with E-state index in [1.807, 2.05) is 6.92 Å². The highest BCUT2D eigenvalue weighted by atomic mass is 35.5. The van der Waals surface area contributed by atoms with Crippen LogP contribution in [0.2, 0.25) is 10.0 Å². The number of para-hydroxylation sites is 1. The van der Waals surface area contributed by atoms with Crippen molar-refractivity contribution in [2.45, 2.75) is 30.7 Å². The summed E-state index contributed by atoms with van der Waals surface area (Å²) in [5.41, 5.74) is 0.419. The number of aromatic nitrogens is 3. The van der Waals surface area contributed by atoms with Crippen molar-refractivity contribution < 1.29 is 4.79 Å². The largest absolute Gasteiger partial charge is 0.323 e. The molecule has 112 valence electrons. The maximum absolute atomic E-state index is 12.2. The van der Waals surface area contributed by atoms with Gasteiger partial charge in [0.1, 0.15) is 5.82 Å². The van der Waals surface area contributed by atoms with Crippen LogP contribution in [0.4, 0.5) is 5.69 Å². The smallest absolute Gasteiger partial charge is 0.237 e. The van der Waals surface area contributed by atoms with E-state index in [4.69, 9.17) is 23.2 Å². The highest BCUT2D eigenvalue weighted by molar-refractivity contribution is 8.00. The number of aromatic amines is 1. The number of hydrogen-bond acceptors (Lipinski definition) is 4. The van der Waals surface area contributed by atoms with Gasteiger partial charge in [-0.15, -0.1) is 5.10 Å². The van der Waals surface area contributed by atoms with Crippen LogP contribution in [-0.2, 0) is 11.2 Å². The van der Waals surface area contributed by atoms with Crippen molar-refractivity contribution in [3.8, 4) is 0 Å². The molecule has 2 rings (SSSR count). The molecule has 8 heteroatoms. The van der Waals surface area contributed by atoms with E-state index in [-0.39, 0.29) is 11.2 Å². The van der Waals surface area contributed by atoms with Crippen LogP contribution in [0, 0.1) is 0 Å².